The summed E-state index contributed by atoms with van der Waals surface area (Å²) in [4.78, 5) is 0. The molecule has 0 fully saturated rings. The number of rotatable bonds is 4. The Morgan fingerprint density at radius 2 is 2.05 bits per heavy atom. The Kier molecular flexibility index (Phi) is 4.71. The first-order chi connectivity index (χ1) is 9.37. The van der Waals surface area contributed by atoms with E-state index in [1.807, 2.05) is 0 Å². The smallest absolute Gasteiger partial charge is 0.430 e. The molecule has 0 saturated heterocycles. The first-order valence-electron chi connectivity index (χ1n) is 4.99. The first-order valence-corrected chi connectivity index (χ1v) is 7.13. The van der Waals surface area contributed by atoms with Gasteiger partial charge in [0.2, 0.25) is 0 Å². The molecule has 20 heavy (non-hydrogen) atoms. The predicted molar refractivity (Wildman–Crippen MR) is 70.4 cm³/mol. The number of halogens is 5. The van der Waals surface area contributed by atoms with E-state index in [-0.39, 0.29) is 21.3 Å². The molecule has 2 aromatic rings. The lowest BCUT2D eigenvalue weighted by Gasteiger charge is -2.11. The zero-order chi connectivity index (χ0) is 14.8. The molecule has 108 valence electrons. The first kappa shape index (κ1) is 15.3. The standard InChI is InChI=1S/C10H5BrClF3N2O2S/c11-6-3-5(1-2-7(6)19-10(13,14)15)18-9-17-16-8(4-12)20-9/h1-3H,4H2. The van der Waals surface area contributed by atoms with Crippen LogP contribution in [0.4, 0.5) is 13.2 Å². The van der Waals surface area contributed by atoms with E-state index < -0.39 is 6.36 Å². The fourth-order valence-corrected chi connectivity index (χ4v) is 2.40. The second-order valence-corrected chi connectivity index (χ2v) is 5.48. The van der Waals surface area contributed by atoms with Crippen molar-refractivity contribution in [1.29, 1.82) is 0 Å². The topological polar surface area (TPSA) is 44.2 Å². The van der Waals surface area contributed by atoms with Crippen molar-refractivity contribution < 1.29 is 22.6 Å². The molecule has 0 aliphatic carbocycles. The normalized spacial score (nSPS) is 11.4. The summed E-state index contributed by atoms with van der Waals surface area (Å²) < 4.78 is 45.6. The van der Waals surface area contributed by atoms with E-state index >= 15 is 0 Å². The Morgan fingerprint density at radius 1 is 1.30 bits per heavy atom. The van der Waals surface area contributed by atoms with Gasteiger partial charge in [-0.1, -0.05) is 16.4 Å². The van der Waals surface area contributed by atoms with Gasteiger partial charge in [0.25, 0.3) is 5.19 Å². The van der Waals surface area contributed by atoms with E-state index in [9.17, 15) is 13.2 Å². The van der Waals surface area contributed by atoms with E-state index in [2.05, 4.69) is 30.9 Å². The highest BCUT2D eigenvalue weighted by Crippen LogP contribution is 2.35. The average Bonchev–Trinajstić information content (AvgIpc) is 2.79. The maximum Gasteiger partial charge on any atom is 0.573 e. The molecule has 0 aliphatic rings. The van der Waals surface area contributed by atoms with Crippen molar-refractivity contribution >= 4 is 38.9 Å². The molecule has 2 rings (SSSR count). The molecule has 0 N–H and O–H groups in total. The number of ether oxygens (including phenoxy) is 2. The molecule has 1 aromatic carbocycles. The third-order valence-electron chi connectivity index (χ3n) is 1.90. The summed E-state index contributed by atoms with van der Waals surface area (Å²) in [5, 5.41) is 8.30. The van der Waals surface area contributed by atoms with E-state index in [0.29, 0.717) is 10.8 Å². The van der Waals surface area contributed by atoms with Gasteiger partial charge < -0.3 is 9.47 Å². The van der Waals surface area contributed by atoms with Crippen LogP contribution in [0.3, 0.4) is 0 Å². The van der Waals surface area contributed by atoms with Crippen molar-refractivity contribution in [3.63, 3.8) is 0 Å². The Labute approximate surface area is 128 Å². The number of nitrogens with zero attached hydrogens (tertiary/aromatic N) is 2. The summed E-state index contributed by atoms with van der Waals surface area (Å²) in [6.07, 6.45) is -4.75. The quantitative estimate of drug-likeness (QED) is 0.709. The summed E-state index contributed by atoms with van der Waals surface area (Å²) >= 11 is 9.69. The highest BCUT2D eigenvalue weighted by molar-refractivity contribution is 9.10. The fraction of sp³-hybridized carbons (Fsp3) is 0.200. The molecular weight excluding hydrogens is 385 g/mol. The van der Waals surface area contributed by atoms with Gasteiger partial charge in [-0.2, -0.15) is 0 Å². The Morgan fingerprint density at radius 3 is 2.60 bits per heavy atom. The highest BCUT2D eigenvalue weighted by Gasteiger charge is 2.32. The molecule has 1 aromatic heterocycles. The Balaban J connectivity index is 2.12. The molecule has 10 heteroatoms. The minimum Gasteiger partial charge on any atom is -0.430 e. The van der Waals surface area contributed by atoms with Gasteiger partial charge in [0.1, 0.15) is 16.5 Å². The van der Waals surface area contributed by atoms with Gasteiger partial charge in [0, 0.05) is 0 Å². The molecule has 1 heterocycles. The van der Waals surface area contributed by atoms with Gasteiger partial charge in [-0.15, -0.1) is 29.9 Å². The summed E-state index contributed by atoms with van der Waals surface area (Å²) in [6, 6.07) is 3.80. The highest BCUT2D eigenvalue weighted by atomic mass is 79.9. The summed E-state index contributed by atoms with van der Waals surface area (Å²) in [5.41, 5.74) is 0. The maximum atomic E-state index is 12.1. The number of hydrogen-bond acceptors (Lipinski definition) is 5. The molecular formula is C10H5BrClF3N2O2S. The zero-order valence-electron chi connectivity index (χ0n) is 9.45. The molecule has 0 radical (unpaired) electrons. The van der Waals surface area contributed by atoms with Crippen LogP contribution in [0.5, 0.6) is 16.7 Å². The van der Waals surface area contributed by atoms with Gasteiger partial charge in [-0.3, -0.25) is 0 Å². The molecule has 0 bridgehead atoms. The molecule has 0 unspecified atom stereocenters. The number of aromatic nitrogens is 2. The second kappa shape index (κ2) is 6.15. The van der Waals surface area contributed by atoms with Crippen LogP contribution in [0, 0.1) is 0 Å². The van der Waals surface area contributed by atoms with Crippen molar-refractivity contribution in [3.8, 4) is 16.7 Å². The summed E-state index contributed by atoms with van der Waals surface area (Å²) in [5.74, 6) is 0.149. The molecule has 0 aliphatic heterocycles. The minimum absolute atomic E-state index is 0.106. The van der Waals surface area contributed by atoms with Gasteiger partial charge in [0.15, 0.2) is 0 Å². The molecule has 0 amide bonds. The van der Waals surface area contributed by atoms with Gasteiger partial charge in [-0.05, 0) is 34.1 Å². The van der Waals surface area contributed by atoms with Crippen LogP contribution in [-0.4, -0.2) is 16.6 Å². The zero-order valence-corrected chi connectivity index (χ0v) is 12.6. The van der Waals surface area contributed by atoms with Gasteiger partial charge >= 0.3 is 6.36 Å². The van der Waals surface area contributed by atoms with E-state index in [4.69, 9.17) is 16.3 Å². The minimum atomic E-state index is -4.75. The van der Waals surface area contributed by atoms with Crippen LogP contribution in [0.2, 0.25) is 0 Å². The van der Waals surface area contributed by atoms with Crippen molar-refractivity contribution in [3.05, 3.63) is 27.7 Å². The average molecular weight is 390 g/mol. The van der Waals surface area contributed by atoms with Crippen molar-refractivity contribution in [2.75, 3.05) is 0 Å². The maximum absolute atomic E-state index is 12.1. The summed E-state index contributed by atoms with van der Waals surface area (Å²) in [7, 11) is 0. The van der Waals surface area contributed by atoms with Crippen molar-refractivity contribution in [2.45, 2.75) is 12.2 Å². The second-order valence-electron chi connectivity index (χ2n) is 3.34. The van der Waals surface area contributed by atoms with Crippen LogP contribution >= 0.6 is 38.9 Å². The Bertz CT molecular complexity index is 608. The van der Waals surface area contributed by atoms with Crippen LogP contribution < -0.4 is 9.47 Å². The van der Waals surface area contributed by atoms with E-state index in [0.717, 1.165) is 17.4 Å². The SMILES string of the molecule is FC(F)(F)Oc1ccc(Oc2nnc(CCl)s2)cc1Br. The molecule has 4 nitrogen and oxygen atoms in total. The van der Waals surface area contributed by atoms with Crippen molar-refractivity contribution in [1.82, 2.24) is 10.2 Å². The number of hydrogen-bond donors (Lipinski definition) is 0. The van der Waals surface area contributed by atoms with Crippen LogP contribution in [0.15, 0.2) is 22.7 Å². The third-order valence-corrected chi connectivity index (χ3v) is 3.73. The molecule has 0 atom stereocenters. The van der Waals surface area contributed by atoms with Crippen LogP contribution in [0.1, 0.15) is 5.01 Å². The van der Waals surface area contributed by atoms with Crippen LogP contribution in [-0.2, 0) is 5.88 Å². The van der Waals surface area contributed by atoms with Gasteiger partial charge in [-0.25, -0.2) is 0 Å². The van der Waals surface area contributed by atoms with Crippen LogP contribution in [0.25, 0.3) is 0 Å². The lowest BCUT2D eigenvalue weighted by Crippen LogP contribution is -2.17. The van der Waals surface area contributed by atoms with Crippen molar-refractivity contribution in [2.24, 2.45) is 0 Å². The van der Waals surface area contributed by atoms with E-state index in [1.54, 1.807) is 0 Å². The number of benzene rings is 1. The van der Waals surface area contributed by atoms with E-state index in [1.165, 1.54) is 12.1 Å². The fourth-order valence-electron chi connectivity index (χ4n) is 1.19. The third kappa shape index (κ3) is 4.22. The van der Waals surface area contributed by atoms with Gasteiger partial charge in [0.05, 0.1) is 10.4 Å². The largest absolute Gasteiger partial charge is 0.573 e. The molecule has 0 spiro atoms. The lowest BCUT2D eigenvalue weighted by atomic mass is 10.3. The monoisotopic (exact) mass is 388 g/mol. The molecule has 0 saturated carbocycles. The number of alkyl halides is 4. The summed E-state index contributed by atoms with van der Waals surface area (Å²) in [6.45, 7) is 0. The lowest BCUT2D eigenvalue weighted by molar-refractivity contribution is -0.274. The Hall–Kier alpha value is -1.06. The predicted octanol–water partition coefficient (Wildman–Crippen LogP) is 4.73.